The lowest BCUT2D eigenvalue weighted by molar-refractivity contribution is -0.693. The first-order valence-corrected chi connectivity index (χ1v) is 10.9. The molecule has 2 heterocycles. The molecule has 0 radical (unpaired) electrons. The van der Waals surface area contributed by atoms with Crippen molar-refractivity contribution in [3.05, 3.63) is 57.2 Å². The van der Waals surface area contributed by atoms with E-state index in [1.807, 2.05) is 23.5 Å². The Bertz CT molecular complexity index is 700. The zero-order valence-corrected chi connectivity index (χ0v) is 17.7. The van der Waals surface area contributed by atoms with Crippen LogP contribution < -0.4 is 5.32 Å². The first kappa shape index (κ1) is 19.9. The number of hydrogen-bond donors (Lipinski definition) is 1. The van der Waals surface area contributed by atoms with Gasteiger partial charge in [0.15, 0.2) is 0 Å². The van der Waals surface area contributed by atoms with Crippen LogP contribution >= 0.6 is 22.9 Å². The molecule has 0 amide bonds. The molecule has 4 heteroatoms. The molecule has 2 N–H and O–H groups in total. The van der Waals surface area contributed by atoms with Gasteiger partial charge in [0.1, 0.15) is 6.04 Å². The standard InChI is InChI=1S/C22H30ClNOS/c1-17(20-9-6-14-26-20)24-12-10-22(11-13-25-21(2,3)16-22)15-18-7-4-5-8-19(18)23/h4-9,14,17,24H,10-13,15-16H2,1-3H3/p+1/t17-,22+/m0/s1. The van der Waals surface area contributed by atoms with Crippen LogP contribution in [-0.4, -0.2) is 18.8 Å². The molecule has 26 heavy (non-hydrogen) atoms. The predicted molar refractivity (Wildman–Crippen MR) is 111 cm³/mol. The number of rotatable bonds is 7. The van der Waals surface area contributed by atoms with E-state index in [-0.39, 0.29) is 11.0 Å². The van der Waals surface area contributed by atoms with E-state index in [1.165, 1.54) is 16.9 Å². The average molecular weight is 393 g/mol. The lowest BCUT2D eigenvalue weighted by Crippen LogP contribution is -2.85. The predicted octanol–water partition coefficient (Wildman–Crippen LogP) is 5.23. The second-order valence-electron chi connectivity index (χ2n) is 8.38. The van der Waals surface area contributed by atoms with E-state index in [0.29, 0.717) is 6.04 Å². The van der Waals surface area contributed by atoms with Crippen LogP contribution in [0.5, 0.6) is 0 Å². The fourth-order valence-electron chi connectivity index (χ4n) is 4.39. The van der Waals surface area contributed by atoms with E-state index >= 15 is 0 Å². The molecule has 1 aliphatic rings. The normalized spacial score (nSPS) is 23.7. The highest BCUT2D eigenvalue weighted by Gasteiger charge is 2.41. The molecule has 2 aromatic rings. The van der Waals surface area contributed by atoms with Gasteiger partial charge in [-0.2, -0.15) is 0 Å². The van der Waals surface area contributed by atoms with Crippen LogP contribution in [0.25, 0.3) is 0 Å². The zero-order valence-electron chi connectivity index (χ0n) is 16.1. The Kier molecular flexibility index (Phi) is 6.45. The van der Waals surface area contributed by atoms with E-state index in [1.54, 1.807) is 0 Å². The van der Waals surface area contributed by atoms with Crippen molar-refractivity contribution < 1.29 is 10.1 Å². The molecule has 3 rings (SSSR count). The highest BCUT2D eigenvalue weighted by molar-refractivity contribution is 7.10. The van der Waals surface area contributed by atoms with Gasteiger partial charge >= 0.3 is 0 Å². The minimum atomic E-state index is -0.0567. The largest absolute Gasteiger partial charge is 0.376 e. The minimum absolute atomic E-state index is 0.0567. The molecule has 0 saturated carbocycles. The molecular weight excluding hydrogens is 362 g/mol. The monoisotopic (exact) mass is 392 g/mol. The van der Waals surface area contributed by atoms with Gasteiger partial charge in [-0.3, -0.25) is 0 Å². The van der Waals surface area contributed by atoms with Crippen LogP contribution in [0.15, 0.2) is 41.8 Å². The number of benzene rings is 1. The number of thiophene rings is 1. The molecule has 0 spiro atoms. The Morgan fingerprint density at radius 2 is 2.04 bits per heavy atom. The summed E-state index contributed by atoms with van der Waals surface area (Å²) < 4.78 is 6.03. The fraction of sp³-hybridized carbons (Fsp3) is 0.545. The number of halogens is 1. The second-order valence-corrected chi connectivity index (χ2v) is 9.77. The molecule has 1 fully saturated rings. The van der Waals surface area contributed by atoms with Crippen LogP contribution in [0.2, 0.25) is 5.02 Å². The maximum Gasteiger partial charge on any atom is 0.118 e. The van der Waals surface area contributed by atoms with Crippen molar-refractivity contribution in [2.75, 3.05) is 13.2 Å². The van der Waals surface area contributed by atoms with Gasteiger partial charge in [-0.1, -0.05) is 35.9 Å². The second kappa shape index (κ2) is 8.43. The highest BCUT2D eigenvalue weighted by atomic mass is 35.5. The van der Waals surface area contributed by atoms with Crippen LogP contribution in [0, 0.1) is 5.41 Å². The zero-order chi connectivity index (χ0) is 18.6. The maximum atomic E-state index is 6.49. The van der Waals surface area contributed by atoms with E-state index in [4.69, 9.17) is 16.3 Å². The Morgan fingerprint density at radius 1 is 1.23 bits per heavy atom. The molecule has 0 aliphatic carbocycles. The third kappa shape index (κ3) is 5.10. The van der Waals surface area contributed by atoms with Crippen LogP contribution in [0.4, 0.5) is 0 Å². The van der Waals surface area contributed by atoms with Gasteiger partial charge in [0.05, 0.1) is 17.0 Å². The SMILES string of the molecule is C[C@H]([NH2+]CC[C@]1(Cc2ccccc2Cl)CCOC(C)(C)C1)c1cccs1. The van der Waals surface area contributed by atoms with Gasteiger partial charge in [-0.05, 0) is 68.5 Å². The molecule has 2 nitrogen and oxygen atoms in total. The van der Waals surface area contributed by atoms with Crippen molar-refractivity contribution >= 4 is 22.9 Å². The molecule has 1 saturated heterocycles. The maximum absolute atomic E-state index is 6.49. The van der Waals surface area contributed by atoms with E-state index in [2.05, 4.69) is 55.7 Å². The van der Waals surface area contributed by atoms with Gasteiger partial charge < -0.3 is 10.1 Å². The lowest BCUT2D eigenvalue weighted by Gasteiger charge is -2.45. The van der Waals surface area contributed by atoms with Crippen molar-refractivity contribution in [1.29, 1.82) is 0 Å². The smallest absolute Gasteiger partial charge is 0.118 e. The van der Waals surface area contributed by atoms with Crippen molar-refractivity contribution in [2.24, 2.45) is 5.41 Å². The van der Waals surface area contributed by atoms with Crippen LogP contribution in [0.1, 0.15) is 56.5 Å². The fourth-order valence-corrected chi connectivity index (χ4v) is 5.38. The van der Waals surface area contributed by atoms with Gasteiger partial charge in [0.2, 0.25) is 0 Å². The van der Waals surface area contributed by atoms with Crippen molar-refractivity contribution in [3.8, 4) is 0 Å². The summed E-state index contributed by atoms with van der Waals surface area (Å²) in [6.45, 7) is 8.75. The Labute approximate surface area is 166 Å². The summed E-state index contributed by atoms with van der Waals surface area (Å²) in [5.74, 6) is 0. The van der Waals surface area contributed by atoms with Gasteiger partial charge in [-0.25, -0.2) is 0 Å². The first-order valence-electron chi connectivity index (χ1n) is 9.63. The third-order valence-corrected chi connectivity index (χ3v) is 7.08. The molecule has 0 bridgehead atoms. The van der Waals surface area contributed by atoms with E-state index < -0.39 is 0 Å². The van der Waals surface area contributed by atoms with Crippen LogP contribution in [0.3, 0.4) is 0 Å². The van der Waals surface area contributed by atoms with Crippen molar-refractivity contribution in [3.63, 3.8) is 0 Å². The Hall–Kier alpha value is -0.870. The third-order valence-electron chi connectivity index (χ3n) is 5.64. The molecule has 1 aromatic carbocycles. The van der Waals surface area contributed by atoms with Gasteiger partial charge in [0.25, 0.3) is 0 Å². The molecular formula is C22H31ClNOS+. The Morgan fingerprint density at radius 3 is 2.73 bits per heavy atom. The summed E-state index contributed by atoms with van der Waals surface area (Å²) in [6.07, 6.45) is 4.44. The summed E-state index contributed by atoms with van der Waals surface area (Å²) in [5, 5.41) is 5.55. The number of quaternary nitrogens is 1. The summed E-state index contributed by atoms with van der Waals surface area (Å²) in [5.41, 5.74) is 1.48. The average Bonchev–Trinajstić information content (AvgIpc) is 3.11. The first-order chi connectivity index (χ1) is 12.4. The molecule has 1 aromatic heterocycles. The number of nitrogens with two attached hydrogens (primary N) is 1. The highest BCUT2D eigenvalue weighted by Crippen LogP contribution is 2.44. The van der Waals surface area contributed by atoms with Crippen molar-refractivity contribution in [1.82, 2.24) is 0 Å². The summed E-state index contributed by atoms with van der Waals surface area (Å²) >= 11 is 8.34. The van der Waals surface area contributed by atoms with Crippen molar-refractivity contribution in [2.45, 2.75) is 58.1 Å². The Balaban J connectivity index is 1.70. The van der Waals surface area contributed by atoms with Crippen LogP contribution in [-0.2, 0) is 11.2 Å². The topological polar surface area (TPSA) is 25.8 Å². The summed E-state index contributed by atoms with van der Waals surface area (Å²) in [4.78, 5) is 1.46. The number of ether oxygens (including phenoxy) is 1. The number of hydrogen-bond acceptors (Lipinski definition) is 2. The molecule has 2 atom stereocenters. The quantitative estimate of drug-likeness (QED) is 0.685. The summed E-state index contributed by atoms with van der Waals surface area (Å²) in [7, 11) is 0. The molecule has 142 valence electrons. The van der Waals surface area contributed by atoms with Gasteiger partial charge in [0, 0.05) is 18.1 Å². The van der Waals surface area contributed by atoms with Gasteiger partial charge in [-0.15, -0.1) is 11.3 Å². The molecule has 1 aliphatic heterocycles. The summed E-state index contributed by atoms with van der Waals surface area (Å²) in [6, 6.07) is 13.2. The minimum Gasteiger partial charge on any atom is -0.376 e. The lowest BCUT2D eigenvalue weighted by atomic mass is 9.68. The van der Waals surface area contributed by atoms with E-state index in [0.717, 1.165) is 37.4 Å². The van der Waals surface area contributed by atoms with E-state index in [9.17, 15) is 0 Å². The molecule has 0 unspecified atom stereocenters.